The molecular formula is C11H20F3N3O2. The third-order valence-corrected chi connectivity index (χ3v) is 2.88. The van der Waals surface area contributed by atoms with Crippen molar-refractivity contribution in [2.24, 2.45) is 0 Å². The first-order valence-corrected chi connectivity index (χ1v) is 6.31. The second kappa shape index (κ2) is 7.66. The summed E-state index contributed by atoms with van der Waals surface area (Å²) in [6.45, 7) is 0.826. The molecule has 0 saturated carbocycles. The molecule has 5 nitrogen and oxygen atoms in total. The van der Waals surface area contributed by atoms with Crippen LogP contribution in [0.15, 0.2) is 0 Å². The van der Waals surface area contributed by atoms with Gasteiger partial charge in [-0.25, -0.2) is 0 Å². The SMILES string of the molecule is O=C(CN1CCCNCC1)N(CCO)CC(F)(F)F. The fourth-order valence-electron chi connectivity index (χ4n) is 1.98. The molecule has 0 aromatic heterocycles. The van der Waals surface area contributed by atoms with Gasteiger partial charge in [0.1, 0.15) is 6.54 Å². The van der Waals surface area contributed by atoms with E-state index in [0.717, 1.165) is 19.5 Å². The summed E-state index contributed by atoms with van der Waals surface area (Å²) in [6.07, 6.45) is -3.57. The van der Waals surface area contributed by atoms with Crippen molar-refractivity contribution in [1.29, 1.82) is 0 Å². The zero-order chi connectivity index (χ0) is 14.3. The number of aliphatic hydroxyl groups excluding tert-OH is 1. The number of alkyl halides is 3. The molecule has 8 heteroatoms. The molecule has 1 aliphatic rings. The van der Waals surface area contributed by atoms with Crippen LogP contribution in [0.2, 0.25) is 0 Å². The number of carbonyl (C=O) groups excluding carboxylic acids is 1. The van der Waals surface area contributed by atoms with E-state index in [1.165, 1.54) is 0 Å². The van der Waals surface area contributed by atoms with E-state index < -0.39 is 25.2 Å². The van der Waals surface area contributed by atoms with Crippen LogP contribution in [0, 0.1) is 0 Å². The van der Waals surface area contributed by atoms with Crippen LogP contribution in [0.5, 0.6) is 0 Å². The maximum absolute atomic E-state index is 12.3. The molecule has 1 rings (SSSR count). The highest BCUT2D eigenvalue weighted by Crippen LogP contribution is 2.16. The molecule has 1 amide bonds. The van der Waals surface area contributed by atoms with Crippen LogP contribution >= 0.6 is 0 Å². The standard InChI is InChI=1S/C11H20F3N3O2/c12-11(13,14)9-17(6-7-18)10(19)8-16-4-1-2-15-3-5-16/h15,18H,1-9H2. The minimum atomic E-state index is -4.44. The summed E-state index contributed by atoms with van der Waals surface area (Å²) in [6, 6.07) is 0. The van der Waals surface area contributed by atoms with E-state index >= 15 is 0 Å². The van der Waals surface area contributed by atoms with E-state index in [1.807, 2.05) is 4.90 Å². The monoisotopic (exact) mass is 283 g/mol. The Morgan fingerprint density at radius 3 is 2.68 bits per heavy atom. The lowest BCUT2D eigenvalue weighted by atomic mass is 10.3. The lowest BCUT2D eigenvalue weighted by Gasteiger charge is -2.26. The predicted octanol–water partition coefficient (Wildman–Crippen LogP) is -0.335. The zero-order valence-electron chi connectivity index (χ0n) is 10.7. The molecule has 0 radical (unpaired) electrons. The maximum atomic E-state index is 12.3. The lowest BCUT2D eigenvalue weighted by Crippen LogP contribution is -2.46. The first-order valence-electron chi connectivity index (χ1n) is 6.31. The second-order valence-corrected chi connectivity index (χ2v) is 4.53. The number of aliphatic hydroxyl groups is 1. The molecule has 0 aliphatic carbocycles. The van der Waals surface area contributed by atoms with Gasteiger partial charge in [0.25, 0.3) is 0 Å². The van der Waals surface area contributed by atoms with Crippen molar-refractivity contribution in [2.75, 3.05) is 52.4 Å². The van der Waals surface area contributed by atoms with Crippen molar-refractivity contribution in [3.05, 3.63) is 0 Å². The summed E-state index contributed by atoms with van der Waals surface area (Å²) >= 11 is 0. The number of nitrogens with one attached hydrogen (secondary N) is 1. The van der Waals surface area contributed by atoms with Crippen LogP contribution in [0.3, 0.4) is 0 Å². The summed E-state index contributed by atoms with van der Waals surface area (Å²) in [5.41, 5.74) is 0. The molecule has 0 aromatic carbocycles. The minimum absolute atomic E-state index is 0.0300. The van der Waals surface area contributed by atoms with Gasteiger partial charge in [-0.15, -0.1) is 0 Å². The Labute approximate surface area is 110 Å². The number of nitrogens with zero attached hydrogens (tertiary/aromatic N) is 2. The molecular weight excluding hydrogens is 263 g/mol. The summed E-state index contributed by atoms with van der Waals surface area (Å²) < 4.78 is 37.0. The van der Waals surface area contributed by atoms with E-state index in [-0.39, 0.29) is 13.1 Å². The summed E-state index contributed by atoms with van der Waals surface area (Å²) in [7, 11) is 0. The van der Waals surface area contributed by atoms with Gasteiger partial charge in [0.15, 0.2) is 0 Å². The number of amides is 1. The largest absolute Gasteiger partial charge is 0.406 e. The topological polar surface area (TPSA) is 55.8 Å². The second-order valence-electron chi connectivity index (χ2n) is 4.53. The van der Waals surface area contributed by atoms with Gasteiger partial charge in [-0.2, -0.15) is 13.2 Å². The normalized spacial score (nSPS) is 18.1. The fraction of sp³-hybridized carbons (Fsp3) is 0.909. The van der Waals surface area contributed by atoms with Crippen molar-refractivity contribution in [3.63, 3.8) is 0 Å². The molecule has 0 unspecified atom stereocenters. The van der Waals surface area contributed by atoms with Crippen molar-refractivity contribution in [3.8, 4) is 0 Å². The van der Waals surface area contributed by atoms with Crippen LogP contribution < -0.4 is 5.32 Å². The van der Waals surface area contributed by atoms with E-state index in [1.54, 1.807) is 0 Å². The molecule has 1 saturated heterocycles. The molecule has 0 atom stereocenters. The van der Waals surface area contributed by atoms with Crippen molar-refractivity contribution in [1.82, 2.24) is 15.1 Å². The number of hydrogen-bond donors (Lipinski definition) is 2. The van der Waals surface area contributed by atoms with Gasteiger partial charge in [-0.1, -0.05) is 0 Å². The Morgan fingerprint density at radius 2 is 2.05 bits per heavy atom. The third-order valence-electron chi connectivity index (χ3n) is 2.88. The van der Waals surface area contributed by atoms with E-state index in [4.69, 9.17) is 5.11 Å². The minimum Gasteiger partial charge on any atom is -0.395 e. The summed E-state index contributed by atoms with van der Waals surface area (Å²) in [4.78, 5) is 14.3. The Kier molecular flexibility index (Phi) is 6.53. The highest BCUT2D eigenvalue weighted by Gasteiger charge is 2.33. The van der Waals surface area contributed by atoms with Gasteiger partial charge in [0, 0.05) is 19.6 Å². The Hall–Kier alpha value is -0.860. The van der Waals surface area contributed by atoms with Crippen LogP contribution in [-0.2, 0) is 4.79 Å². The Balaban J connectivity index is 2.50. The van der Waals surface area contributed by atoms with Crippen molar-refractivity contribution >= 4 is 5.91 Å². The van der Waals surface area contributed by atoms with Crippen molar-refractivity contribution < 1.29 is 23.1 Å². The molecule has 2 N–H and O–H groups in total. The number of carbonyl (C=O) groups is 1. The van der Waals surface area contributed by atoms with Gasteiger partial charge in [-0.3, -0.25) is 9.69 Å². The fourth-order valence-corrected chi connectivity index (χ4v) is 1.98. The molecule has 19 heavy (non-hydrogen) atoms. The lowest BCUT2D eigenvalue weighted by molar-refractivity contribution is -0.162. The summed E-state index contributed by atoms with van der Waals surface area (Å²) in [5.74, 6) is -0.590. The zero-order valence-corrected chi connectivity index (χ0v) is 10.7. The molecule has 0 spiro atoms. The van der Waals surface area contributed by atoms with Gasteiger partial charge in [-0.05, 0) is 19.5 Å². The molecule has 1 fully saturated rings. The van der Waals surface area contributed by atoms with E-state index in [9.17, 15) is 18.0 Å². The smallest absolute Gasteiger partial charge is 0.395 e. The van der Waals surface area contributed by atoms with Gasteiger partial charge in [0.05, 0.1) is 13.2 Å². The molecule has 0 bridgehead atoms. The van der Waals surface area contributed by atoms with Crippen LogP contribution in [0.1, 0.15) is 6.42 Å². The van der Waals surface area contributed by atoms with Crippen molar-refractivity contribution in [2.45, 2.75) is 12.6 Å². The first kappa shape index (κ1) is 16.2. The highest BCUT2D eigenvalue weighted by atomic mass is 19.4. The van der Waals surface area contributed by atoms with Crippen LogP contribution in [-0.4, -0.2) is 79.4 Å². The highest BCUT2D eigenvalue weighted by molar-refractivity contribution is 5.78. The van der Waals surface area contributed by atoms with Crippen LogP contribution in [0.4, 0.5) is 13.2 Å². The average molecular weight is 283 g/mol. The number of rotatable bonds is 5. The van der Waals surface area contributed by atoms with E-state index in [0.29, 0.717) is 18.0 Å². The third kappa shape index (κ3) is 6.74. The number of hydrogen-bond acceptors (Lipinski definition) is 4. The number of halogens is 3. The molecule has 1 aliphatic heterocycles. The average Bonchev–Trinajstić information content (AvgIpc) is 2.55. The van der Waals surface area contributed by atoms with Gasteiger partial charge in [0.2, 0.25) is 5.91 Å². The van der Waals surface area contributed by atoms with E-state index in [2.05, 4.69) is 5.32 Å². The summed E-state index contributed by atoms with van der Waals surface area (Å²) in [5, 5.41) is 11.9. The van der Waals surface area contributed by atoms with Gasteiger partial charge >= 0.3 is 6.18 Å². The Morgan fingerprint density at radius 1 is 1.32 bits per heavy atom. The quantitative estimate of drug-likeness (QED) is 0.725. The van der Waals surface area contributed by atoms with Gasteiger partial charge < -0.3 is 15.3 Å². The molecule has 112 valence electrons. The van der Waals surface area contributed by atoms with Crippen LogP contribution in [0.25, 0.3) is 0 Å². The Bertz CT molecular complexity index is 279. The molecule has 0 aromatic rings. The first-order chi connectivity index (χ1) is 8.92. The predicted molar refractivity (Wildman–Crippen MR) is 63.6 cm³/mol. The maximum Gasteiger partial charge on any atom is 0.406 e. The molecule has 1 heterocycles.